The average molecular weight is 210 g/mol. The van der Waals surface area contributed by atoms with Gasteiger partial charge in [-0.2, -0.15) is 0 Å². The van der Waals surface area contributed by atoms with Crippen LogP contribution in [0.4, 0.5) is 0 Å². The zero-order valence-electron chi connectivity index (χ0n) is 8.16. The van der Waals surface area contributed by atoms with Crippen LogP contribution in [0.3, 0.4) is 0 Å². The largest absolute Gasteiger partial charge is 0.426 e. The number of hydrogen-bond acceptors (Lipinski definition) is 3. The zero-order valence-corrected chi connectivity index (χ0v) is 9.05. The third-order valence-electron chi connectivity index (χ3n) is 1.60. The second-order valence-electron chi connectivity index (χ2n) is 2.72. The molecule has 0 aromatic rings. The van der Waals surface area contributed by atoms with Gasteiger partial charge >= 0.3 is 8.60 Å². The fourth-order valence-electron chi connectivity index (χ4n) is 0.975. The third-order valence-corrected chi connectivity index (χ3v) is 2.63. The molecular formula is C9H12BO3P. The lowest BCUT2D eigenvalue weighted by Gasteiger charge is -2.25. The molecule has 1 aliphatic heterocycles. The van der Waals surface area contributed by atoms with Crippen LogP contribution in [0.2, 0.25) is 0 Å². The second-order valence-corrected chi connectivity index (χ2v) is 3.87. The molecule has 1 rings (SSSR count). The van der Waals surface area contributed by atoms with Crippen molar-refractivity contribution in [1.82, 2.24) is 0 Å². The van der Waals surface area contributed by atoms with Crippen LogP contribution in [0.25, 0.3) is 0 Å². The van der Waals surface area contributed by atoms with E-state index in [9.17, 15) is 0 Å². The second kappa shape index (κ2) is 5.35. The monoisotopic (exact) mass is 210 g/mol. The molecule has 3 nitrogen and oxygen atoms in total. The van der Waals surface area contributed by atoms with Crippen molar-refractivity contribution in [2.24, 2.45) is 0 Å². The van der Waals surface area contributed by atoms with Gasteiger partial charge in [-0.25, -0.2) is 0 Å². The summed E-state index contributed by atoms with van der Waals surface area (Å²) in [5.74, 6) is 0.700. The van der Waals surface area contributed by atoms with Gasteiger partial charge in [0.15, 0.2) is 0 Å². The minimum atomic E-state index is -1.37. The first kappa shape index (κ1) is 11.5. The van der Waals surface area contributed by atoms with Gasteiger partial charge in [0.2, 0.25) is 0 Å². The maximum Gasteiger partial charge on any atom is 0.396 e. The Hall–Kier alpha value is -0.565. The highest BCUT2D eigenvalue weighted by molar-refractivity contribution is 7.42. The Labute approximate surface area is 86.8 Å². The Balaban J connectivity index is 2.76. The first-order valence-corrected chi connectivity index (χ1v) is 5.24. The third kappa shape index (κ3) is 2.71. The maximum absolute atomic E-state index is 5.44. The summed E-state index contributed by atoms with van der Waals surface area (Å²) >= 11 is 0. The molecule has 0 saturated heterocycles. The summed E-state index contributed by atoms with van der Waals surface area (Å²) in [5.41, 5.74) is 1.72. The van der Waals surface area contributed by atoms with Gasteiger partial charge in [-0.05, 0) is 12.5 Å². The molecule has 5 heteroatoms. The molecule has 0 aliphatic carbocycles. The minimum absolute atomic E-state index is 0.0819. The minimum Gasteiger partial charge on any atom is -0.426 e. The van der Waals surface area contributed by atoms with E-state index in [1.54, 1.807) is 6.08 Å². The SMILES string of the molecule is [B]COP1OCC(C=C)=C(C(=C)C)O1. The van der Waals surface area contributed by atoms with Crippen LogP contribution in [0.5, 0.6) is 0 Å². The number of rotatable bonds is 4. The van der Waals surface area contributed by atoms with Crippen molar-refractivity contribution in [1.29, 1.82) is 0 Å². The van der Waals surface area contributed by atoms with Crippen molar-refractivity contribution in [3.8, 4) is 0 Å². The fourth-order valence-corrected chi connectivity index (χ4v) is 1.94. The summed E-state index contributed by atoms with van der Waals surface area (Å²) in [6.45, 7) is 9.85. The molecule has 0 fully saturated rings. The highest BCUT2D eigenvalue weighted by Gasteiger charge is 2.23. The molecule has 1 atom stereocenters. The first-order valence-electron chi connectivity index (χ1n) is 4.14. The van der Waals surface area contributed by atoms with E-state index in [4.69, 9.17) is 21.4 Å². The van der Waals surface area contributed by atoms with Crippen molar-refractivity contribution in [3.63, 3.8) is 0 Å². The van der Waals surface area contributed by atoms with Gasteiger partial charge in [0, 0.05) is 12.1 Å². The molecule has 1 unspecified atom stereocenters. The quantitative estimate of drug-likeness (QED) is 0.526. The Kier molecular flexibility index (Phi) is 4.40. The molecule has 0 aromatic heterocycles. The Bertz CT molecular complexity index is 275. The van der Waals surface area contributed by atoms with Crippen LogP contribution in [0, 0.1) is 0 Å². The van der Waals surface area contributed by atoms with E-state index < -0.39 is 8.60 Å². The molecule has 0 bridgehead atoms. The molecule has 74 valence electrons. The van der Waals surface area contributed by atoms with Gasteiger partial charge in [0.25, 0.3) is 0 Å². The zero-order chi connectivity index (χ0) is 10.6. The van der Waals surface area contributed by atoms with Crippen LogP contribution in [-0.4, -0.2) is 21.0 Å². The average Bonchev–Trinajstić information content (AvgIpc) is 2.18. The van der Waals surface area contributed by atoms with Gasteiger partial charge in [-0.1, -0.05) is 19.2 Å². The molecule has 0 saturated carbocycles. The van der Waals surface area contributed by atoms with Crippen molar-refractivity contribution in [2.45, 2.75) is 6.92 Å². The lowest BCUT2D eigenvalue weighted by Crippen LogP contribution is -2.09. The van der Waals surface area contributed by atoms with Crippen LogP contribution in [-0.2, 0) is 13.6 Å². The molecule has 0 N–H and O–H groups in total. The normalized spacial score (nSPS) is 21.6. The van der Waals surface area contributed by atoms with Crippen LogP contribution in [0.1, 0.15) is 6.92 Å². The summed E-state index contributed by atoms with van der Waals surface area (Å²) in [4.78, 5) is 0. The van der Waals surface area contributed by atoms with E-state index in [2.05, 4.69) is 13.2 Å². The number of hydrogen-bond donors (Lipinski definition) is 0. The molecule has 0 spiro atoms. The van der Waals surface area contributed by atoms with Crippen molar-refractivity contribution in [3.05, 3.63) is 36.1 Å². The van der Waals surface area contributed by atoms with E-state index in [0.717, 1.165) is 11.1 Å². The van der Waals surface area contributed by atoms with Gasteiger partial charge in [0.05, 0.1) is 6.61 Å². The van der Waals surface area contributed by atoms with Gasteiger partial charge in [0.1, 0.15) is 13.6 Å². The summed E-state index contributed by atoms with van der Waals surface area (Å²) in [6.07, 6.45) is 1.69. The summed E-state index contributed by atoms with van der Waals surface area (Å²) in [7, 11) is 3.86. The molecule has 14 heavy (non-hydrogen) atoms. The topological polar surface area (TPSA) is 27.7 Å². The Morgan fingerprint density at radius 2 is 2.50 bits per heavy atom. The molecule has 1 heterocycles. The maximum atomic E-state index is 5.44. The van der Waals surface area contributed by atoms with E-state index in [-0.39, 0.29) is 6.51 Å². The van der Waals surface area contributed by atoms with Crippen LogP contribution >= 0.6 is 8.60 Å². The van der Waals surface area contributed by atoms with Gasteiger partial charge in [-0.3, -0.25) is 4.52 Å². The fraction of sp³-hybridized carbons (Fsp3) is 0.333. The standard InChI is InChI=1S/C9H12BO3P/c1-4-8-5-11-14(12-6-10)13-9(8)7(2)3/h4H,1-2,5-6H2,3H3. The summed E-state index contributed by atoms with van der Waals surface area (Å²) < 4.78 is 15.8. The summed E-state index contributed by atoms with van der Waals surface area (Å²) in [6, 6.07) is 0. The molecule has 1 aliphatic rings. The van der Waals surface area contributed by atoms with Crippen molar-refractivity contribution in [2.75, 3.05) is 13.1 Å². The highest BCUT2D eigenvalue weighted by atomic mass is 31.2. The van der Waals surface area contributed by atoms with E-state index in [0.29, 0.717) is 12.4 Å². The van der Waals surface area contributed by atoms with E-state index in [1.807, 2.05) is 6.92 Å². The first-order chi connectivity index (χ1) is 6.69. The predicted molar refractivity (Wildman–Crippen MR) is 57.7 cm³/mol. The smallest absolute Gasteiger partial charge is 0.396 e. The lowest BCUT2D eigenvalue weighted by molar-refractivity contribution is 0.199. The highest BCUT2D eigenvalue weighted by Crippen LogP contribution is 2.47. The van der Waals surface area contributed by atoms with E-state index in [1.165, 1.54) is 0 Å². The molecule has 0 aromatic carbocycles. The molecular weight excluding hydrogens is 198 g/mol. The number of allylic oxidation sites excluding steroid dienone is 1. The lowest BCUT2D eigenvalue weighted by atomic mass is 10.1. The van der Waals surface area contributed by atoms with Gasteiger partial charge < -0.3 is 9.05 Å². The Morgan fingerprint density at radius 3 is 3.00 bits per heavy atom. The van der Waals surface area contributed by atoms with Crippen molar-refractivity contribution < 1.29 is 13.6 Å². The van der Waals surface area contributed by atoms with E-state index >= 15 is 0 Å². The summed E-state index contributed by atoms with van der Waals surface area (Å²) in [5, 5.41) is 0. The molecule has 2 radical (unpaired) electrons. The molecule has 0 amide bonds. The Morgan fingerprint density at radius 1 is 1.79 bits per heavy atom. The van der Waals surface area contributed by atoms with Crippen molar-refractivity contribution >= 4 is 16.4 Å². The predicted octanol–water partition coefficient (Wildman–Crippen LogP) is 2.42. The van der Waals surface area contributed by atoms with Gasteiger partial charge in [-0.15, -0.1) is 0 Å². The van der Waals surface area contributed by atoms with Crippen LogP contribution < -0.4 is 0 Å². The van der Waals surface area contributed by atoms with Crippen LogP contribution in [0.15, 0.2) is 36.1 Å².